The van der Waals surface area contributed by atoms with Gasteiger partial charge in [0.1, 0.15) is 6.10 Å². The molecule has 0 amide bonds. The van der Waals surface area contributed by atoms with E-state index >= 15 is 0 Å². The summed E-state index contributed by atoms with van der Waals surface area (Å²) in [5, 5.41) is 11.7. The number of hydrogen-bond acceptors (Lipinski definition) is 4. The second-order valence-corrected chi connectivity index (χ2v) is 7.41. The zero-order chi connectivity index (χ0) is 14.6. The minimum Gasteiger partial charge on any atom is -0.386 e. The summed E-state index contributed by atoms with van der Waals surface area (Å²) < 4.78 is 26.4. The average molecular weight is 311 g/mol. The van der Waals surface area contributed by atoms with Crippen LogP contribution < -0.4 is 4.72 Å². The lowest BCUT2D eigenvalue weighted by atomic mass is 10.2. The van der Waals surface area contributed by atoms with Crippen LogP contribution in [0.15, 0.2) is 41.8 Å². The maximum atomic E-state index is 12.0. The monoisotopic (exact) mass is 311 g/mol. The van der Waals surface area contributed by atoms with E-state index < -0.39 is 16.1 Å². The lowest BCUT2D eigenvalue weighted by Crippen LogP contribution is -2.29. The van der Waals surface area contributed by atoms with Crippen molar-refractivity contribution in [3.8, 4) is 0 Å². The van der Waals surface area contributed by atoms with Crippen LogP contribution in [0.1, 0.15) is 22.1 Å². The van der Waals surface area contributed by atoms with E-state index in [0.717, 1.165) is 16.0 Å². The molecule has 4 nitrogen and oxygen atoms in total. The number of sulfonamides is 1. The van der Waals surface area contributed by atoms with Crippen molar-refractivity contribution in [2.45, 2.75) is 18.8 Å². The molecule has 0 spiro atoms. The first-order chi connectivity index (χ1) is 9.46. The van der Waals surface area contributed by atoms with Crippen molar-refractivity contribution in [2.75, 3.05) is 6.54 Å². The summed E-state index contributed by atoms with van der Waals surface area (Å²) >= 11 is 1.40. The third-order valence-corrected chi connectivity index (χ3v) is 5.10. The minimum atomic E-state index is -3.44. The molecule has 1 unspecified atom stereocenters. The van der Waals surface area contributed by atoms with Crippen LogP contribution in [0, 0.1) is 6.92 Å². The molecule has 1 aromatic heterocycles. The average Bonchev–Trinajstić information content (AvgIpc) is 2.89. The summed E-state index contributed by atoms with van der Waals surface area (Å²) in [6, 6.07) is 11.0. The van der Waals surface area contributed by atoms with E-state index in [0.29, 0.717) is 0 Å². The number of hydrogen-bond donors (Lipinski definition) is 2. The van der Waals surface area contributed by atoms with Crippen LogP contribution in [0.5, 0.6) is 0 Å². The van der Waals surface area contributed by atoms with E-state index in [4.69, 9.17) is 0 Å². The molecular formula is C14H17NO3S2. The van der Waals surface area contributed by atoms with Gasteiger partial charge in [0.25, 0.3) is 0 Å². The van der Waals surface area contributed by atoms with Crippen molar-refractivity contribution in [3.05, 3.63) is 57.8 Å². The number of nitrogens with one attached hydrogen (secondary N) is 1. The Morgan fingerprint density at radius 1 is 1.30 bits per heavy atom. The second kappa shape index (κ2) is 6.49. The van der Waals surface area contributed by atoms with E-state index in [-0.39, 0.29) is 12.3 Å². The maximum absolute atomic E-state index is 12.0. The number of rotatable bonds is 6. The fraction of sp³-hybridized carbons (Fsp3) is 0.286. The first kappa shape index (κ1) is 15.2. The zero-order valence-corrected chi connectivity index (χ0v) is 12.7. The Hall–Kier alpha value is -1.21. The molecule has 0 saturated heterocycles. The first-order valence-electron chi connectivity index (χ1n) is 6.20. The molecule has 0 bridgehead atoms. The van der Waals surface area contributed by atoms with E-state index in [1.54, 1.807) is 12.1 Å². The molecule has 2 N–H and O–H groups in total. The van der Waals surface area contributed by atoms with E-state index in [1.807, 2.05) is 36.6 Å². The Morgan fingerprint density at radius 3 is 2.75 bits per heavy atom. The van der Waals surface area contributed by atoms with Crippen LogP contribution >= 0.6 is 11.3 Å². The van der Waals surface area contributed by atoms with Gasteiger partial charge in [0.15, 0.2) is 0 Å². The summed E-state index contributed by atoms with van der Waals surface area (Å²) in [4.78, 5) is 0.753. The van der Waals surface area contributed by atoms with Gasteiger partial charge < -0.3 is 5.11 Å². The third-order valence-electron chi connectivity index (χ3n) is 2.81. The smallest absolute Gasteiger partial charge is 0.215 e. The molecule has 0 saturated carbocycles. The zero-order valence-electron chi connectivity index (χ0n) is 11.1. The highest BCUT2D eigenvalue weighted by molar-refractivity contribution is 7.88. The summed E-state index contributed by atoms with van der Waals surface area (Å²) in [6.45, 7) is 1.92. The van der Waals surface area contributed by atoms with Crippen LogP contribution in [0.4, 0.5) is 0 Å². The number of aryl methyl sites for hydroxylation is 1. The highest BCUT2D eigenvalue weighted by Crippen LogP contribution is 2.18. The molecule has 108 valence electrons. The molecule has 1 heterocycles. The maximum Gasteiger partial charge on any atom is 0.215 e. The van der Waals surface area contributed by atoms with E-state index in [9.17, 15) is 13.5 Å². The highest BCUT2D eigenvalue weighted by Gasteiger charge is 2.15. The predicted octanol–water partition coefficient (Wildman–Crippen LogP) is 2.21. The van der Waals surface area contributed by atoms with Gasteiger partial charge in [-0.25, -0.2) is 13.1 Å². The van der Waals surface area contributed by atoms with E-state index in [1.165, 1.54) is 11.3 Å². The molecule has 0 radical (unpaired) electrons. The Balaban J connectivity index is 1.94. The van der Waals surface area contributed by atoms with Crippen LogP contribution in [0.2, 0.25) is 0 Å². The Bertz CT molecular complexity index is 651. The quantitative estimate of drug-likeness (QED) is 0.859. The van der Waals surface area contributed by atoms with Crippen molar-refractivity contribution in [1.82, 2.24) is 4.72 Å². The minimum absolute atomic E-state index is 0.00530. The molecule has 20 heavy (non-hydrogen) atoms. The number of aliphatic hydroxyl groups excluding tert-OH is 1. The van der Waals surface area contributed by atoms with Crippen LogP contribution in [0.3, 0.4) is 0 Å². The lowest BCUT2D eigenvalue weighted by molar-refractivity contribution is 0.185. The third kappa shape index (κ3) is 4.42. The fourth-order valence-corrected chi connectivity index (χ4v) is 3.70. The molecule has 2 rings (SSSR count). The van der Waals surface area contributed by atoms with Gasteiger partial charge in [-0.1, -0.05) is 35.9 Å². The van der Waals surface area contributed by atoms with Gasteiger partial charge >= 0.3 is 0 Å². The molecule has 0 aliphatic rings. The first-order valence-corrected chi connectivity index (χ1v) is 8.74. The van der Waals surface area contributed by atoms with Gasteiger partial charge in [-0.2, -0.15) is 0 Å². The van der Waals surface area contributed by atoms with Gasteiger partial charge in [0.2, 0.25) is 10.0 Å². The summed E-state index contributed by atoms with van der Waals surface area (Å²) in [5.41, 5.74) is 1.76. The molecular weight excluding hydrogens is 294 g/mol. The Labute approximate surface area is 123 Å². The fourth-order valence-electron chi connectivity index (χ4n) is 1.86. The summed E-state index contributed by atoms with van der Waals surface area (Å²) in [7, 11) is -3.44. The standard InChI is InChI=1S/C14H17NO3S2/c1-11-4-2-5-12(8-11)10-20(17,18)15-9-13(16)14-6-3-7-19-14/h2-8,13,15-16H,9-10H2,1H3. The lowest BCUT2D eigenvalue weighted by Gasteiger charge is -2.11. The van der Waals surface area contributed by atoms with Crippen LogP contribution in [-0.2, 0) is 15.8 Å². The second-order valence-electron chi connectivity index (χ2n) is 4.63. The van der Waals surface area contributed by atoms with Crippen molar-refractivity contribution in [1.29, 1.82) is 0 Å². The topological polar surface area (TPSA) is 66.4 Å². The highest BCUT2D eigenvalue weighted by atomic mass is 32.2. The van der Waals surface area contributed by atoms with Crippen molar-refractivity contribution in [2.24, 2.45) is 0 Å². The van der Waals surface area contributed by atoms with E-state index in [2.05, 4.69) is 4.72 Å². The molecule has 0 fully saturated rings. The van der Waals surface area contributed by atoms with Gasteiger partial charge in [0, 0.05) is 11.4 Å². The van der Waals surface area contributed by atoms with Gasteiger partial charge in [-0.3, -0.25) is 0 Å². The Morgan fingerprint density at radius 2 is 2.10 bits per heavy atom. The van der Waals surface area contributed by atoms with Gasteiger partial charge in [-0.15, -0.1) is 11.3 Å². The van der Waals surface area contributed by atoms with Gasteiger partial charge in [-0.05, 0) is 23.9 Å². The van der Waals surface area contributed by atoms with Crippen LogP contribution in [-0.4, -0.2) is 20.1 Å². The van der Waals surface area contributed by atoms with Gasteiger partial charge in [0.05, 0.1) is 5.75 Å². The molecule has 0 aliphatic heterocycles. The van der Waals surface area contributed by atoms with Crippen molar-refractivity contribution >= 4 is 21.4 Å². The number of aliphatic hydroxyl groups is 1. The summed E-state index contributed by atoms with van der Waals surface area (Å²) in [6.07, 6.45) is -0.803. The molecule has 1 aromatic carbocycles. The molecule has 1 atom stereocenters. The molecule has 6 heteroatoms. The number of benzene rings is 1. The normalized spacial score (nSPS) is 13.3. The SMILES string of the molecule is Cc1cccc(CS(=O)(=O)NCC(O)c2cccs2)c1. The Kier molecular flexibility index (Phi) is 4.93. The largest absolute Gasteiger partial charge is 0.386 e. The van der Waals surface area contributed by atoms with Crippen molar-refractivity contribution < 1.29 is 13.5 Å². The number of thiophene rings is 1. The molecule has 0 aliphatic carbocycles. The summed E-state index contributed by atoms with van der Waals surface area (Å²) in [5.74, 6) is -0.0775. The van der Waals surface area contributed by atoms with Crippen LogP contribution in [0.25, 0.3) is 0 Å². The molecule has 2 aromatic rings. The predicted molar refractivity (Wildman–Crippen MR) is 81.1 cm³/mol. The van der Waals surface area contributed by atoms with Crippen molar-refractivity contribution in [3.63, 3.8) is 0 Å².